The fourth-order valence-electron chi connectivity index (χ4n) is 3.11. The van der Waals surface area contributed by atoms with Gasteiger partial charge < -0.3 is 14.2 Å². The van der Waals surface area contributed by atoms with Crippen LogP contribution < -0.4 is 0 Å². The molecule has 10 nitrogen and oxygen atoms in total. The topological polar surface area (TPSA) is 147 Å². The van der Waals surface area contributed by atoms with Crippen LogP contribution in [-0.2, 0) is 48.3 Å². The van der Waals surface area contributed by atoms with E-state index in [4.69, 9.17) is 14.2 Å². The Morgan fingerprint density at radius 2 is 1.03 bits per heavy atom. The van der Waals surface area contributed by atoms with Crippen LogP contribution >= 0.6 is 0 Å². The maximum absolute atomic E-state index is 11.8. The molecule has 0 bridgehead atoms. The zero-order chi connectivity index (χ0) is 27.8. The van der Waals surface area contributed by atoms with Crippen molar-refractivity contribution in [3.8, 4) is 0 Å². The van der Waals surface area contributed by atoms with E-state index in [1.807, 2.05) is 27.7 Å². The van der Waals surface area contributed by atoms with Crippen molar-refractivity contribution in [1.82, 2.24) is 0 Å². The third-order valence-electron chi connectivity index (χ3n) is 6.77. The Balaban J connectivity index is 0.000000369. The first kappa shape index (κ1) is 32.3. The number of carbonyl (C=O) groups is 3. The fourth-order valence-corrected chi connectivity index (χ4v) is 6.01. The van der Waals surface area contributed by atoms with Gasteiger partial charge in [-0.2, -0.15) is 0 Å². The molecule has 0 unspecified atom stereocenters. The van der Waals surface area contributed by atoms with Crippen molar-refractivity contribution in [2.75, 3.05) is 29.6 Å². The highest BCUT2D eigenvalue weighted by atomic mass is 32.2. The molecule has 0 amide bonds. The minimum atomic E-state index is -2.98. The van der Waals surface area contributed by atoms with Gasteiger partial charge in [-0.25, -0.2) is 21.6 Å². The summed E-state index contributed by atoms with van der Waals surface area (Å²) in [6.45, 7) is 10.5. The number of sulfone groups is 2. The van der Waals surface area contributed by atoms with Crippen LogP contribution in [0.15, 0.2) is 0 Å². The van der Waals surface area contributed by atoms with Crippen molar-refractivity contribution in [1.29, 1.82) is 0 Å². The smallest absolute Gasteiger partial charge is 0.344 e. The first-order valence-corrected chi connectivity index (χ1v) is 16.1. The monoisotopic (exact) mass is 554 g/mol. The van der Waals surface area contributed by atoms with Gasteiger partial charge >= 0.3 is 17.9 Å². The molecule has 36 heavy (non-hydrogen) atoms. The molecule has 2 heterocycles. The van der Waals surface area contributed by atoms with Crippen LogP contribution in [-0.4, -0.2) is 76.6 Å². The van der Waals surface area contributed by atoms with Crippen molar-refractivity contribution >= 4 is 37.6 Å². The van der Waals surface area contributed by atoms with E-state index >= 15 is 0 Å². The van der Waals surface area contributed by atoms with Crippen molar-refractivity contribution < 1.29 is 45.4 Å². The van der Waals surface area contributed by atoms with Crippen LogP contribution in [0.2, 0.25) is 0 Å². The number of ether oxygens (including phenoxy) is 3. The Morgan fingerprint density at radius 3 is 1.42 bits per heavy atom. The van der Waals surface area contributed by atoms with Gasteiger partial charge in [-0.1, -0.05) is 13.8 Å². The lowest BCUT2D eigenvalue weighted by molar-refractivity contribution is -0.167. The van der Waals surface area contributed by atoms with E-state index in [9.17, 15) is 31.2 Å². The summed E-state index contributed by atoms with van der Waals surface area (Å²) in [6.07, 6.45) is 2.20. The molecule has 2 aliphatic rings. The maximum Gasteiger partial charge on any atom is 0.344 e. The first-order valence-electron chi connectivity index (χ1n) is 12.4. The van der Waals surface area contributed by atoms with Crippen LogP contribution in [0.3, 0.4) is 0 Å². The molecule has 0 atom stereocenters. The number of hydrogen-bond donors (Lipinski definition) is 0. The minimum Gasteiger partial charge on any atom is -0.462 e. The van der Waals surface area contributed by atoms with Crippen molar-refractivity contribution in [3.63, 3.8) is 0 Å². The molecule has 0 aromatic carbocycles. The van der Waals surface area contributed by atoms with Gasteiger partial charge in [-0.3, -0.25) is 9.59 Å². The van der Waals surface area contributed by atoms with Crippen molar-refractivity contribution in [3.05, 3.63) is 0 Å². The van der Waals surface area contributed by atoms with Crippen molar-refractivity contribution in [2.45, 2.75) is 92.3 Å². The molecule has 0 spiro atoms. The highest BCUT2D eigenvalue weighted by molar-refractivity contribution is 7.91. The van der Waals surface area contributed by atoms with Crippen LogP contribution in [0.25, 0.3) is 0 Å². The second kappa shape index (κ2) is 13.2. The predicted molar refractivity (Wildman–Crippen MR) is 135 cm³/mol. The minimum absolute atomic E-state index is 0.0353. The summed E-state index contributed by atoms with van der Waals surface area (Å²) in [5.74, 6) is -0.951. The lowest BCUT2D eigenvalue weighted by atomic mass is 9.90. The average Bonchev–Trinajstić information content (AvgIpc) is 2.80. The summed E-state index contributed by atoms with van der Waals surface area (Å²) in [5.41, 5.74) is -1.10. The largest absolute Gasteiger partial charge is 0.462 e. The van der Waals surface area contributed by atoms with Crippen LogP contribution in [0, 0.1) is 10.8 Å². The fraction of sp³-hybridized carbons (Fsp3) is 0.875. The molecule has 2 fully saturated rings. The average molecular weight is 555 g/mol. The number of hydrogen-bond acceptors (Lipinski definition) is 10. The molecule has 2 saturated heterocycles. The molecule has 210 valence electrons. The van der Waals surface area contributed by atoms with E-state index < -0.39 is 55.2 Å². The van der Waals surface area contributed by atoms with Gasteiger partial charge in [0, 0.05) is 0 Å². The molecule has 0 aromatic rings. The molecule has 12 heteroatoms. The Kier molecular flexibility index (Phi) is 11.9. The molecule has 0 aromatic heterocycles. The number of esters is 3. The van der Waals surface area contributed by atoms with Crippen LogP contribution in [0.1, 0.15) is 80.1 Å². The normalized spacial score (nSPS) is 20.4. The van der Waals surface area contributed by atoms with E-state index in [1.54, 1.807) is 13.8 Å². The summed E-state index contributed by atoms with van der Waals surface area (Å²) >= 11 is 0. The molecule has 0 aliphatic carbocycles. The van der Waals surface area contributed by atoms with Crippen LogP contribution in [0.5, 0.6) is 0 Å². The van der Waals surface area contributed by atoms with Gasteiger partial charge in [-0.05, 0) is 66.2 Å². The lowest BCUT2D eigenvalue weighted by Crippen LogP contribution is -2.35. The van der Waals surface area contributed by atoms with E-state index in [2.05, 4.69) is 0 Å². The first-order chi connectivity index (χ1) is 16.4. The lowest BCUT2D eigenvalue weighted by Gasteiger charge is -2.27. The summed E-state index contributed by atoms with van der Waals surface area (Å²) in [4.78, 5) is 35.0. The molecule has 2 rings (SSSR count). The zero-order valence-corrected chi connectivity index (χ0v) is 24.0. The molecular weight excluding hydrogens is 512 g/mol. The van der Waals surface area contributed by atoms with Gasteiger partial charge in [0.2, 0.25) is 0 Å². The van der Waals surface area contributed by atoms with E-state index in [-0.39, 0.29) is 35.1 Å². The van der Waals surface area contributed by atoms with E-state index in [1.165, 1.54) is 0 Å². The van der Waals surface area contributed by atoms with Gasteiger partial charge in [0.1, 0.15) is 12.2 Å². The SMILES string of the molecule is CCC(C)(C)C(=O)OC1CCS(=O)(=O)CC1.CCC(C)(C)C(=O)OCC(=O)OC1CCS(=O)(=O)CC1. The Hall–Kier alpha value is -1.69. The Bertz CT molecular complexity index is 952. The van der Waals surface area contributed by atoms with Gasteiger partial charge in [0.15, 0.2) is 26.3 Å². The molecule has 0 saturated carbocycles. The Morgan fingerprint density at radius 1 is 0.667 bits per heavy atom. The summed E-state index contributed by atoms with van der Waals surface area (Å²) in [7, 11) is -5.86. The Labute approximate surface area is 215 Å². The predicted octanol–water partition coefficient (Wildman–Crippen LogP) is 2.63. The van der Waals surface area contributed by atoms with Crippen molar-refractivity contribution in [2.24, 2.45) is 10.8 Å². The van der Waals surface area contributed by atoms with E-state index in [0.29, 0.717) is 32.1 Å². The standard InChI is InChI=1S/C13H22O6S.C11H20O4S/c1-4-13(2,3)12(15)18-9-11(14)19-10-5-7-20(16,17)8-6-10;1-4-11(2,3)10(12)15-9-5-7-16(13,14)8-6-9/h10H,4-9H2,1-3H3;9H,4-8H2,1-3H3. The van der Waals surface area contributed by atoms with Gasteiger partial charge in [-0.15, -0.1) is 0 Å². The second-order valence-electron chi connectivity index (χ2n) is 10.6. The highest BCUT2D eigenvalue weighted by Gasteiger charge is 2.32. The van der Waals surface area contributed by atoms with Crippen LogP contribution in [0.4, 0.5) is 0 Å². The third kappa shape index (κ3) is 11.1. The second-order valence-corrected chi connectivity index (χ2v) is 15.3. The quantitative estimate of drug-likeness (QED) is 0.324. The van der Waals surface area contributed by atoms with Gasteiger partial charge in [0.25, 0.3) is 0 Å². The molecule has 0 N–H and O–H groups in total. The molecule has 0 radical (unpaired) electrons. The zero-order valence-electron chi connectivity index (χ0n) is 22.3. The molecular formula is C24H42O10S2. The molecule has 2 aliphatic heterocycles. The summed E-state index contributed by atoms with van der Waals surface area (Å²) < 4.78 is 60.2. The highest BCUT2D eigenvalue weighted by Crippen LogP contribution is 2.25. The number of carbonyl (C=O) groups excluding carboxylic acids is 3. The third-order valence-corrected chi connectivity index (χ3v) is 10.2. The summed E-state index contributed by atoms with van der Waals surface area (Å²) in [6, 6.07) is 0. The maximum atomic E-state index is 11.8. The number of rotatable bonds is 8. The van der Waals surface area contributed by atoms with E-state index in [0.717, 1.165) is 6.42 Å². The summed E-state index contributed by atoms with van der Waals surface area (Å²) in [5, 5.41) is 0. The van der Waals surface area contributed by atoms with Gasteiger partial charge in [0.05, 0.1) is 33.8 Å².